The van der Waals surface area contributed by atoms with Crippen LogP contribution in [0.5, 0.6) is 0 Å². The maximum absolute atomic E-state index is 12.6. The summed E-state index contributed by atoms with van der Waals surface area (Å²) >= 11 is 0. The molecule has 0 radical (unpaired) electrons. The van der Waals surface area contributed by atoms with Gasteiger partial charge in [-0.15, -0.1) is 0 Å². The molecule has 0 amide bonds. The Hall–Kier alpha value is -1.07. The number of benzene rings is 1. The van der Waals surface area contributed by atoms with Crippen molar-refractivity contribution in [3.8, 4) is 0 Å². The van der Waals surface area contributed by atoms with Gasteiger partial charge in [-0.2, -0.15) is 4.31 Å². The third-order valence-electron chi connectivity index (χ3n) is 3.06. The van der Waals surface area contributed by atoms with Crippen molar-refractivity contribution in [3.05, 3.63) is 24.3 Å². The molecule has 1 aromatic rings. The summed E-state index contributed by atoms with van der Waals surface area (Å²) in [6.07, 6.45) is 1.85. The third-order valence-corrected chi connectivity index (χ3v) is 5.15. The highest BCUT2D eigenvalue weighted by molar-refractivity contribution is 7.89. The van der Waals surface area contributed by atoms with Gasteiger partial charge in [-0.05, 0) is 51.0 Å². The molecule has 0 fully saturated rings. The topological polar surface area (TPSA) is 49.4 Å². The molecule has 5 heteroatoms. The number of anilines is 1. The lowest BCUT2D eigenvalue weighted by Crippen LogP contribution is -2.37. The first-order valence-electron chi connectivity index (χ1n) is 7.29. The third kappa shape index (κ3) is 4.21. The van der Waals surface area contributed by atoms with Gasteiger partial charge in [0.05, 0.1) is 4.90 Å². The van der Waals surface area contributed by atoms with Crippen molar-refractivity contribution in [2.24, 2.45) is 0 Å². The largest absolute Gasteiger partial charge is 0.385 e. The number of hydrogen-bond donors (Lipinski definition) is 1. The van der Waals surface area contributed by atoms with Crippen molar-refractivity contribution in [1.82, 2.24) is 4.31 Å². The molecule has 0 unspecified atom stereocenters. The summed E-state index contributed by atoms with van der Waals surface area (Å²) in [7, 11) is -3.39. The predicted molar refractivity (Wildman–Crippen MR) is 84.5 cm³/mol. The van der Waals surface area contributed by atoms with Crippen LogP contribution in [0.3, 0.4) is 0 Å². The molecule has 0 aliphatic heterocycles. The van der Waals surface area contributed by atoms with Crippen molar-refractivity contribution in [3.63, 3.8) is 0 Å². The molecule has 0 aromatic heterocycles. The average molecular weight is 298 g/mol. The van der Waals surface area contributed by atoms with Crippen LogP contribution in [0, 0.1) is 0 Å². The highest BCUT2D eigenvalue weighted by Gasteiger charge is 2.25. The van der Waals surface area contributed by atoms with Crippen molar-refractivity contribution >= 4 is 15.7 Å². The van der Waals surface area contributed by atoms with E-state index in [4.69, 9.17) is 0 Å². The second-order valence-electron chi connectivity index (χ2n) is 5.16. The van der Waals surface area contributed by atoms with Crippen LogP contribution in [0.25, 0.3) is 0 Å². The summed E-state index contributed by atoms with van der Waals surface area (Å²) in [6.45, 7) is 9.34. The van der Waals surface area contributed by atoms with Gasteiger partial charge in [0.1, 0.15) is 0 Å². The first kappa shape index (κ1) is 17.0. The van der Waals surface area contributed by atoms with Gasteiger partial charge in [0.2, 0.25) is 10.0 Å². The van der Waals surface area contributed by atoms with Crippen LogP contribution in [0.1, 0.15) is 40.5 Å². The highest BCUT2D eigenvalue weighted by atomic mass is 32.2. The van der Waals surface area contributed by atoms with E-state index >= 15 is 0 Å². The van der Waals surface area contributed by atoms with E-state index in [1.807, 2.05) is 32.9 Å². The Bertz CT molecular complexity index is 495. The molecule has 20 heavy (non-hydrogen) atoms. The van der Waals surface area contributed by atoms with Crippen LogP contribution in [0.4, 0.5) is 5.69 Å². The van der Waals surface area contributed by atoms with Gasteiger partial charge < -0.3 is 5.32 Å². The Morgan fingerprint density at radius 3 is 2.15 bits per heavy atom. The highest BCUT2D eigenvalue weighted by Crippen LogP contribution is 2.20. The van der Waals surface area contributed by atoms with Crippen molar-refractivity contribution in [2.75, 3.05) is 18.4 Å². The lowest BCUT2D eigenvalue weighted by atomic mass is 10.3. The van der Waals surface area contributed by atoms with Gasteiger partial charge >= 0.3 is 0 Å². The molecule has 0 saturated heterocycles. The number of hydrogen-bond acceptors (Lipinski definition) is 3. The smallest absolute Gasteiger partial charge is 0.243 e. The van der Waals surface area contributed by atoms with E-state index in [2.05, 4.69) is 12.2 Å². The van der Waals surface area contributed by atoms with Crippen molar-refractivity contribution in [2.45, 2.75) is 51.5 Å². The molecule has 0 saturated carbocycles. The Labute approximate surface area is 123 Å². The molecule has 4 nitrogen and oxygen atoms in total. The lowest BCUT2D eigenvalue weighted by molar-refractivity contribution is 0.354. The molecule has 0 aliphatic rings. The van der Waals surface area contributed by atoms with E-state index in [0.29, 0.717) is 11.4 Å². The van der Waals surface area contributed by atoms with E-state index in [1.165, 1.54) is 0 Å². The molecule has 1 N–H and O–H groups in total. The zero-order valence-electron chi connectivity index (χ0n) is 12.9. The zero-order chi connectivity index (χ0) is 15.2. The molecule has 0 aliphatic carbocycles. The maximum atomic E-state index is 12.6. The molecule has 114 valence electrons. The Balaban J connectivity index is 2.96. The Morgan fingerprint density at radius 2 is 1.70 bits per heavy atom. The van der Waals surface area contributed by atoms with E-state index in [0.717, 1.165) is 25.1 Å². The minimum Gasteiger partial charge on any atom is -0.385 e. The molecular weight excluding hydrogens is 272 g/mol. The Kier molecular flexibility index (Phi) is 6.49. The fourth-order valence-corrected chi connectivity index (χ4v) is 3.75. The fourth-order valence-electron chi connectivity index (χ4n) is 2.03. The first-order chi connectivity index (χ1) is 9.43. The van der Waals surface area contributed by atoms with Crippen LogP contribution in [0.2, 0.25) is 0 Å². The van der Waals surface area contributed by atoms with Gasteiger partial charge in [0, 0.05) is 24.8 Å². The quantitative estimate of drug-likeness (QED) is 0.801. The maximum Gasteiger partial charge on any atom is 0.243 e. The normalized spacial score (nSPS) is 12.1. The zero-order valence-corrected chi connectivity index (χ0v) is 13.7. The van der Waals surface area contributed by atoms with E-state index in [-0.39, 0.29) is 6.04 Å². The van der Waals surface area contributed by atoms with Crippen LogP contribution in [-0.4, -0.2) is 31.9 Å². The minimum atomic E-state index is -3.39. The van der Waals surface area contributed by atoms with Crippen LogP contribution >= 0.6 is 0 Å². The van der Waals surface area contributed by atoms with Crippen LogP contribution < -0.4 is 5.32 Å². The van der Waals surface area contributed by atoms with Gasteiger partial charge in [0.15, 0.2) is 0 Å². The number of sulfonamides is 1. The van der Waals surface area contributed by atoms with E-state index in [9.17, 15) is 8.42 Å². The van der Waals surface area contributed by atoms with E-state index < -0.39 is 10.0 Å². The van der Waals surface area contributed by atoms with Crippen molar-refractivity contribution < 1.29 is 8.42 Å². The summed E-state index contributed by atoms with van der Waals surface area (Å²) in [5.41, 5.74) is 0.956. The van der Waals surface area contributed by atoms with Crippen LogP contribution in [0.15, 0.2) is 29.2 Å². The van der Waals surface area contributed by atoms with Gasteiger partial charge in [-0.1, -0.05) is 13.8 Å². The molecule has 0 spiro atoms. The summed E-state index contributed by atoms with van der Waals surface area (Å²) in [4.78, 5) is 0.363. The second kappa shape index (κ2) is 7.64. The van der Waals surface area contributed by atoms with Gasteiger partial charge in [-0.25, -0.2) is 8.42 Å². The molecule has 0 atom stereocenters. The molecule has 0 heterocycles. The molecule has 0 bridgehead atoms. The first-order valence-corrected chi connectivity index (χ1v) is 8.73. The second-order valence-corrected chi connectivity index (χ2v) is 7.05. The standard InChI is InChI=1S/C15H26N2O2S/c1-5-11-16-14-7-9-15(10-8-14)20(18,19)17(12-6-2)13(3)4/h7-10,13,16H,5-6,11-12H2,1-4H3. The summed E-state index contributed by atoms with van der Waals surface area (Å²) < 4.78 is 26.7. The number of nitrogens with one attached hydrogen (secondary N) is 1. The predicted octanol–water partition coefficient (Wildman–Crippen LogP) is 3.32. The SMILES string of the molecule is CCCNc1ccc(S(=O)(=O)N(CCC)C(C)C)cc1. The summed E-state index contributed by atoms with van der Waals surface area (Å²) in [6, 6.07) is 6.98. The summed E-state index contributed by atoms with van der Waals surface area (Å²) in [5, 5.41) is 3.24. The monoisotopic (exact) mass is 298 g/mol. The minimum absolute atomic E-state index is 0.0298. The Morgan fingerprint density at radius 1 is 1.10 bits per heavy atom. The van der Waals surface area contributed by atoms with Gasteiger partial charge in [-0.3, -0.25) is 0 Å². The summed E-state index contributed by atoms with van der Waals surface area (Å²) in [5.74, 6) is 0. The molecule has 1 aromatic carbocycles. The fraction of sp³-hybridized carbons (Fsp3) is 0.600. The molecular formula is C15H26N2O2S. The number of rotatable bonds is 8. The number of nitrogens with zero attached hydrogens (tertiary/aromatic N) is 1. The lowest BCUT2D eigenvalue weighted by Gasteiger charge is -2.25. The molecule has 1 rings (SSSR count). The van der Waals surface area contributed by atoms with Gasteiger partial charge in [0.25, 0.3) is 0 Å². The average Bonchev–Trinajstić information content (AvgIpc) is 2.42. The van der Waals surface area contributed by atoms with Crippen LogP contribution in [-0.2, 0) is 10.0 Å². The van der Waals surface area contributed by atoms with Crippen molar-refractivity contribution in [1.29, 1.82) is 0 Å². The van der Waals surface area contributed by atoms with E-state index in [1.54, 1.807) is 16.4 Å².